The largest absolute Gasteiger partial charge is 0.508 e. The Morgan fingerprint density at radius 1 is 1.29 bits per heavy atom. The first kappa shape index (κ1) is 9.40. The van der Waals surface area contributed by atoms with Crippen molar-refractivity contribution in [2.75, 3.05) is 6.54 Å². The van der Waals surface area contributed by atoms with E-state index in [1.807, 2.05) is 0 Å². The second-order valence-corrected chi connectivity index (χ2v) is 3.71. The zero-order valence-corrected chi connectivity index (χ0v) is 7.50. The molecule has 0 bridgehead atoms. The minimum atomic E-state index is -2.70. The van der Waals surface area contributed by atoms with E-state index in [-0.39, 0.29) is 18.7 Å². The van der Waals surface area contributed by atoms with E-state index in [2.05, 4.69) is 0 Å². The van der Waals surface area contributed by atoms with Crippen molar-refractivity contribution in [1.29, 1.82) is 0 Å². The first-order valence-corrected chi connectivity index (χ1v) is 4.39. The van der Waals surface area contributed by atoms with Crippen LogP contribution in [0.1, 0.15) is 12.0 Å². The summed E-state index contributed by atoms with van der Waals surface area (Å²) >= 11 is 0. The monoisotopic (exact) mass is 199 g/mol. The molecule has 0 spiro atoms. The number of aromatic hydroxyl groups is 1. The average molecular weight is 199 g/mol. The van der Waals surface area contributed by atoms with Crippen LogP contribution in [0.4, 0.5) is 8.78 Å². The summed E-state index contributed by atoms with van der Waals surface area (Å²) in [6.07, 6.45) is -0.193. The first-order valence-electron chi connectivity index (χ1n) is 4.39. The lowest BCUT2D eigenvalue weighted by atomic mass is 9.95. The number of halogens is 2. The Kier molecular flexibility index (Phi) is 1.79. The highest BCUT2D eigenvalue weighted by Gasteiger charge is 2.70. The van der Waals surface area contributed by atoms with Crippen LogP contribution in [0.15, 0.2) is 24.3 Å². The Morgan fingerprint density at radius 3 is 2.14 bits per heavy atom. The smallest absolute Gasteiger partial charge is 0.260 e. The van der Waals surface area contributed by atoms with Crippen LogP contribution in [0, 0.1) is 0 Å². The van der Waals surface area contributed by atoms with Crippen molar-refractivity contribution in [3.05, 3.63) is 29.8 Å². The molecule has 2 rings (SSSR count). The highest BCUT2D eigenvalue weighted by molar-refractivity contribution is 5.40. The molecule has 0 aromatic heterocycles. The van der Waals surface area contributed by atoms with Gasteiger partial charge in [-0.25, -0.2) is 8.78 Å². The maximum absolute atomic E-state index is 13.1. The van der Waals surface area contributed by atoms with Crippen LogP contribution in [0.3, 0.4) is 0 Å². The molecule has 4 heteroatoms. The summed E-state index contributed by atoms with van der Waals surface area (Å²) < 4.78 is 26.2. The second-order valence-electron chi connectivity index (χ2n) is 3.71. The van der Waals surface area contributed by atoms with E-state index in [1.165, 1.54) is 24.3 Å². The van der Waals surface area contributed by atoms with Crippen LogP contribution >= 0.6 is 0 Å². The van der Waals surface area contributed by atoms with Gasteiger partial charge >= 0.3 is 0 Å². The van der Waals surface area contributed by atoms with Gasteiger partial charge in [-0.05, 0) is 17.7 Å². The van der Waals surface area contributed by atoms with Crippen LogP contribution in [0.2, 0.25) is 0 Å². The number of hydrogen-bond acceptors (Lipinski definition) is 2. The van der Waals surface area contributed by atoms with Gasteiger partial charge < -0.3 is 10.8 Å². The predicted molar refractivity (Wildman–Crippen MR) is 48.4 cm³/mol. The summed E-state index contributed by atoms with van der Waals surface area (Å²) in [5, 5.41) is 9.03. The van der Waals surface area contributed by atoms with Crippen molar-refractivity contribution in [2.24, 2.45) is 5.73 Å². The number of hydrogen-bond donors (Lipinski definition) is 2. The average Bonchev–Trinajstić information content (AvgIpc) is 2.71. The van der Waals surface area contributed by atoms with Gasteiger partial charge in [-0.3, -0.25) is 0 Å². The molecule has 1 aromatic rings. The first-order chi connectivity index (χ1) is 6.52. The number of benzene rings is 1. The summed E-state index contributed by atoms with van der Waals surface area (Å²) in [4.78, 5) is 0. The molecule has 0 amide bonds. The molecule has 14 heavy (non-hydrogen) atoms. The van der Waals surface area contributed by atoms with Crippen molar-refractivity contribution in [2.45, 2.75) is 17.8 Å². The van der Waals surface area contributed by atoms with Crippen molar-refractivity contribution in [3.63, 3.8) is 0 Å². The Morgan fingerprint density at radius 2 is 1.79 bits per heavy atom. The molecule has 1 aromatic carbocycles. The lowest BCUT2D eigenvalue weighted by Crippen LogP contribution is -2.26. The minimum absolute atomic E-state index is 0.0647. The van der Waals surface area contributed by atoms with Gasteiger partial charge in [-0.15, -0.1) is 0 Å². The molecular formula is C10H11F2NO. The van der Waals surface area contributed by atoms with Gasteiger partial charge in [0.15, 0.2) is 0 Å². The Hall–Kier alpha value is -1.16. The fraction of sp³-hybridized carbons (Fsp3) is 0.400. The molecule has 3 N–H and O–H groups in total. The summed E-state index contributed by atoms with van der Waals surface area (Å²) in [6.45, 7) is -0.0647. The predicted octanol–water partition coefficient (Wildman–Crippen LogP) is 1.63. The SMILES string of the molecule is NCC1(c2ccc(O)cc2)CC1(F)F. The van der Waals surface area contributed by atoms with E-state index in [0.717, 1.165) is 0 Å². The fourth-order valence-corrected chi connectivity index (χ4v) is 1.77. The van der Waals surface area contributed by atoms with Gasteiger partial charge in [0.25, 0.3) is 5.92 Å². The minimum Gasteiger partial charge on any atom is -0.508 e. The number of phenolic OH excluding ortho intramolecular Hbond substituents is 1. The fourth-order valence-electron chi connectivity index (χ4n) is 1.77. The molecule has 76 valence electrons. The van der Waals surface area contributed by atoms with E-state index in [1.54, 1.807) is 0 Å². The van der Waals surface area contributed by atoms with Crippen LogP contribution in [-0.2, 0) is 5.41 Å². The molecule has 0 heterocycles. The molecule has 1 fully saturated rings. The van der Waals surface area contributed by atoms with Gasteiger partial charge in [-0.1, -0.05) is 12.1 Å². The van der Waals surface area contributed by atoms with Crippen molar-refractivity contribution < 1.29 is 13.9 Å². The summed E-state index contributed by atoms with van der Waals surface area (Å²) in [5.41, 5.74) is 4.68. The van der Waals surface area contributed by atoms with Crippen LogP contribution in [0.25, 0.3) is 0 Å². The highest BCUT2D eigenvalue weighted by Crippen LogP contribution is 2.60. The molecule has 1 aliphatic carbocycles. The third-order valence-corrected chi connectivity index (χ3v) is 2.87. The standard InChI is InChI=1S/C10H11F2NO/c11-10(12)5-9(10,6-13)7-1-3-8(14)4-2-7/h1-4,14H,5-6,13H2. The molecular weight excluding hydrogens is 188 g/mol. The van der Waals surface area contributed by atoms with E-state index in [9.17, 15) is 8.78 Å². The zero-order chi connectivity index (χ0) is 10.4. The number of nitrogens with two attached hydrogens (primary N) is 1. The molecule has 0 saturated heterocycles. The van der Waals surface area contributed by atoms with Gasteiger partial charge in [0.1, 0.15) is 5.75 Å². The quantitative estimate of drug-likeness (QED) is 0.760. The maximum Gasteiger partial charge on any atom is 0.260 e. The van der Waals surface area contributed by atoms with E-state index in [0.29, 0.717) is 5.56 Å². The maximum atomic E-state index is 13.1. The normalized spacial score (nSPS) is 28.8. The zero-order valence-electron chi connectivity index (χ0n) is 7.50. The lowest BCUT2D eigenvalue weighted by molar-refractivity contribution is 0.0896. The highest BCUT2D eigenvalue weighted by atomic mass is 19.3. The summed E-state index contributed by atoms with van der Waals surface area (Å²) in [5.74, 6) is -2.62. The molecule has 1 unspecified atom stereocenters. The lowest BCUT2D eigenvalue weighted by Gasteiger charge is -2.13. The van der Waals surface area contributed by atoms with Crippen LogP contribution in [-0.4, -0.2) is 17.6 Å². The molecule has 0 radical (unpaired) electrons. The Labute approximate surface area is 80.4 Å². The number of rotatable bonds is 2. The Balaban J connectivity index is 2.36. The summed E-state index contributed by atoms with van der Waals surface area (Å²) in [6, 6.07) is 5.81. The van der Waals surface area contributed by atoms with Crippen LogP contribution in [0.5, 0.6) is 5.75 Å². The van der Waals surface area contributed by atoms with Crippen molar-refractivity contribution in [3.8, 4) is 5.75 Å². The second kappa shape index (κ2) is 2.67. The van der Waals surface area contributed by atoms with Crippen LogP contribution < -0.4 is 5.73 Å². The van der Waals surface area contributed by atoms with E-state index >= 15 is 0 Å². The Bertz CT molecular complexity index is 350. The number of alkyl halides is 2. The van der Waals surface area contributed by atoms with Gasteiger partial charge in [0, 0.05) is 13.0 Å². The number of phenols is 1. The van der Waals surface area contributed by atoms with E-state index in [4.69, 9.17) is 10.8 Å². The molecule has 1 aliphatic rings. The molecule has 1 atom stereocenters. The van der Waals surface area contributed by atoms with Gasteiger partial charge in [0.2, 0.25) is 0 Å². The van der Waals surface area contributed by atoms with Crippen molar-refractivity contribution >= 4 is 0 Å². The molecule has 0 aliphatic heterocycles. The van der Waals surface area contributed by atoms with E-state index < -0.39 is 11.3 Å². The third-order valence-electron chi connectivity index (χ3n) is 2.87. The molecule has 1 saturated carbocycles. The third kappa shape index (κ3) is 1.10. The van der Waals surface area contributed by atoms with Gasteiger partial charge in [0.05, 0.1) is 5.41 Å². The molecule has 2 nitrogen and oxygen atoms in total. The summed E-state index contributed by atoms with van der Waals surface area (Å²) in [7, 11) is 0. The topological polar surface area (TPSA) is 46.2 Å². The van der Waals surface area contributed by atoms with Gasteiger partial charge in [-0.2, -0.15) is 0 Å². The van der Waals surface area contributed by atoms with Crippen molar-refractivity contribution in [1.82, 2.24) is 0 Å².